The minimum Gasteiger partial charge on any atom is -0.342 e. The molecule has 1 aliphatic carbocycles. The SMILES string of the molecule is CCCn1c(SCC(=O)N(C)C2CCCCC2)nc2ccccc2c1=O. The summed E-state index contributed by atoms with van der Waals surface area (Å²) in [5, 5.41) is 1.27. The van der Waals surface area contributed by atoms with E-state index in [0.29, 0.717) is 34.4 Å². The smallest absolute Gasteiger partial charge is 0.262 e. The fourth-order valence-corrected chi connectivity index (χ4v) is 4.53. The van der Waals surface area contributed by atoms with E-state index >= 15 is 0 Å². The van der Waals surface area contributed by atoms with Crippen LogP contribution in [0.2, 0.25) is 0 Å². The first kappa shape index (κ1) is 19.0. The molecule has 5 nitrogen and oxygen atoms in total. The maximum atomic E-state index is 12.8. The number of carbonyl (C=O) groups excluding carboxylic acids is 1. The summed E-state index contributed by atoms with van der Waals surface area (Å²) in [6.07, 6.45) is 6.74. The van der Waals surface area contributed by atoms with Crippen molar-refractivity contribution < 1.29 is 4.79 Å². The second kappa shape index (κ2) is 8.71. The minimum absolute atomic E-state index is 0.0203. The van der Waals surface area contributed by atoms with E-state index in [2.05, 4.69) is 4.98 Å². The Morgan fingerprint density at radius 3 is 2.73 bits per heavy atom. The molecule has 0 N–H and O–H groups in total. The van der Waals surface area contributed by atoms with Crippen LogP contribution in [0.4, 0.5) is 0 Å². The third-order valence-corrected chi connectivity index (χ3v) is 6.08. The number of nitrogens with zero attached hydrogens (tertiary/aromatic N) is 3. The number of benzene rings is 1. The van der Waals surface area contributed by atoms with E-state index in [-0.39, 0.29) is 11.5 Å². The molecule has 26 heavy (non-hydrogen) atoms. The van der Waals surface area contributed by atoms with E-state index < -0.39 is 0 Å². The van der Waals surface area contributed by atoms with Crippen LogP contribution in [-0.2, 0) is 11.3 Å². The zero-order chi connectivity index (χ0) is 18.5. The monoisotopic (exact) mass is 373 g/mol. The van der Waals surface area contributed by atoms with Gasteiger partial charge < -0.3 is 4.90 Å². The number of amides is 1. The number of carbonyl (C=O) groups is 1. The highest BCUT2D eigenvalue weighted by molar-refractivity contribution is 7.99. The molecular formula is C20H27N3O2S. The Bertz CT molecular complexity index is 827. The van der Waals surface area contributed by atoms with Crippen molar-refractivity contribution in [2.24, 2.45) is 0 Å². The number of para-hydroxylation sites is 1. The van der Waals surface area contributed by atoms with Crippen LogP contribution in [0.25, 0.3) is 10.9 Å². The Labute approximate surface area is 158 Å². The number of hydrogen-bond donors (Lipinski definition) is 0. The molecule has 140 valence electrons. The lowest BCUT2D eigenvalue weighted by Gasteiger charge is -2.31. The summed E-state index contributed by atoms with van der Waals surface area (Å²) in [7, 11) is 1.91. The summed E-state index contributed by atoms with van der Waals surface area (Å²) in [4.78, 5) is 32.0. The van der Waals surface area contributed by atoms with Gasteiger partial charge in [-0.25, -0.2) is 4.98 Å². The normalized spacial score (nSPS) is 15.3. The Hall–Kier alpha value is -1.82. The molecule has 0 bridgehead atoms. The van der Waals surface area contributed by atoms with Gasteiger partial charge in [-0.05, 0) is 31.4 Å². The molecule has 3 rings (SSSR count). The van der Waals surface area contributed by atoms with Crippen molar-refractivity contribution in [3.05, 3.63) is 34.6 Å². The van der Waals surface area contributed by atoms with Crippen LogP contribution < -0.4 is 5.56 Å². The maximum absolute atomic E-state index is 12.8. The van der Waals surface area contributed by atoms with Gasteiger partial charge in [0.2, 0.25) is 5.91 Å². The standard InChI is InChI=1S/C20H27N3O2S/c1-3-13-23-19(25)16-11-7-8-12-17(16)21-20(23)26-14-18(24)22(2)15-9-5-4-6-10-15/h7-8,11-12,15H,3-6,9-10,13-14H2,1-2H3. The highest BCUT2D eigenvalue weighted by Crippen LogP contribution is 2.23. The van der Waals surface area contributed by atoms with Crippen LogP contribution in [-0.4, -0.2) is 39.2 Å². The average molecular weight is 374 g/mol. The Morgan fingerprint density at radius 2 is 2.00 bits per heavy atom. The maximum Gasteiger partial charge on any atom is 0.262 e. The van der Waals surface area contributed by atoms with Gasteiger partial charge in [0.25, 0.3) is 5.56 Å². The van der Waals surface area contributed by atoms with Crippen molar-refractivity contribution in [3.63, 3.8) is 0 Å². The Morgan fingerprint density at radius 1 is 1.27 bits per heavy atom. The Kier molecular flexibility index (Phi) is 6.35. The lowest BCUT2D eigenvalue weighted by atomic mass is 9.94. The predicted octanol–water partition coefficient (Wildman–Crippen LogP) is 3.69. The molecule has 1 heterocycles. The number of hydrogen-bond acceptors (Lipinski definition) is 4. The molecule has 1 fully saturated rings. The molecule has 0 aliphatic heterocycles. The van der Waals surface area contributed by atoms with Gasteiger partial charge in [0, 0.05) is 19.6 Å². The molecule has 0 saturated heterocycles. The highest BCUT2D eigenvalue weighted by Gasteiger charge is 2.22. The van der Waals surface area contributed by atoms with Gasteiger partial charge in [0.1, 0.15) is 0 Å². The predicted molar refractivity (Wildman–Crippen MR) is 107 cm³/mol. The van der Waals surface area contributed by atoms with Crippen LogP contribution >= 0.6 is 11.8 Å². The van der Waals surface area contributed by atoms with E-state index in [0.717, 1.165) is 19.3 Å². The van der Waals surface area contributed by atoms with E-state index in [4.69, 9.17) is 0 Å². The van der Waals surface area contributed by atoms with Crippen molar-refractivity contribution in [1.82, 2.24) is 14.5 Å². The second-order valence-corrected chi connectivity index (χ2v) is 7.90. The van der Waals surface area contributed by atoms with Crippen LogP contribution in [0, 0.1) is 0 Å². The third kappa shape index (κ3) is 4.11. The van der Waals surface area contributed by atoms with Crippen LogP contribution in [0.15, 0.2) is 34.2 Å². The fourth-order valence-electron chi connectivity index (χ4n) is 3.58. The molecule has 1 aliphatic rings. The molecule has 6 heteroatoms. The van der Waals surface area contributed by atoms with E-state index in [1.165, 1.54) is 31.0 Å². The van der Waals surface area contributed by atoms with Crippen molar-refractivity contribution in [1.29, 1.82) is 0 Å². The average Bonchev–Trinajstić information content (AvgIpc) is 2.68. The molecule has 0 atom stereocenters. The number of aromatic nitrogens is 2. The van der Waals surface area contributed by atoms with Gasteiger partial charge in [0.15, 0.2) is 5.16 Å². The summed E-state index contributed by atoms with van der Waals surface area (Å²) < 4.78 is 1.71. The first-order valence-corrected chi connectivity index (χ1v) is 10.5. The molecular weight excluding hydrogens is 346 g/mol. The zero-order valence-electron chi connectivity index (χ0n) is 15.6. The third-order valence-electron chi connectivity index (χ3n) is 5.11. The summed E-state index contributed by atoms with van der Waals surface area (Å²) in [6.45, 7) is 2.66. The first-order chi connectivity index (χ1) is 12.6. The van der Waals surface area contributed by atoms with Crippen molar-refractivity contribution in [2.75, 3.05) is 12.8 Å². The molecule has 0 spiro atoms. The molecule has 1 aromatic heterocycles. The van der Waals surface area contributed by atoms with Crippen molar-refractivity contribution >= 4 is 28.6 Å². The Balaban J connectivity index is 1.78. The fraction of sp³-hybridized carbons (Fsp3) is 0.550. The van der Waals surface area contributed by atoms with Crippen LogP contribution in [0.5, 0.6) is 0 Å². The van der Waals surface area contributed by atoms with E-state index in [1.54, 1.807) is 4.57 Å². The molecule has 0 unspecified atom stereocenters. The van der Waals surface area contributed by atoms with Gasteiger partial charge in [0.05, 0.1) is 16.7 Å². The largest absolute Gasteiger partial charge is 0.342 e. The number of fused-ring (bicyclic) bond motifs is 1. The second-order valence-electron chi connectivity index (χ2n) is 6.95. The van der Waals surface area contributed by atoms with Gasteiger partial charge in [-0.3, -0.25) is 14.2 Å². The highest BCUT2D eigenvalue weighted by atomic mass is 32.2. The van der Waals surface area contributed by atoms with Crippen LogP contribution in [0.1, 0.15) is 45.4 Å². The molecule has 0 radical (unpaired) electrons. The first-order valence-electron chi connectivity index (χ1n) is 9.50. The molecule has 1 aromatic carbocycles. The summed E-state index contributed by atoms with van der Waals surface area (Å²) in [5.74, 6) is 0.439. The topological polar surface area (TPSA) is 55.2 Å². The summed E-state index contributed by atoms with van der Waals surface area (Å²) >= 11 is 1.38. The van der Waals surface area contributed by atoms with Gasteiger partial charge >= 0.3 is 0 Å². The molecule has 1 amide bonds. The minimum atomic E-state index is -0.0203. The lowest BCUT2D eigenvalue weighted by Crippen LogP contribution is -2.39. The van der Waals surface area contributed by atoms with Crippen molar-refractivity contribution in [2.45, 2.75) is 63.2 Å². The molecule has 1 saturated carbocycles. The number of thioether (sulfide) groups is 1. The van der Waals surface area contributed by atoms with E-state index in [1.807, 2.05) is 43.1 Å². The van der Waals surface area contributed by atoms with Crippen LogP contribution in [0.3, 0.4) is 0 Å². The zero-order valence-corrected chi connectivity index (χ0v) is 16.4. The number of rotatable bonds is 6. The van der Waals surface area contributed by atoms with Gasteiger partial charge in [-0.1, -0.05) is 50.1 Å². The van der Waals surface area contributed by atoms with E-state index in [9.17, 15) is 9.59 Å². The van der Waals surface area contributed by atoms with Gasteiger partial charge in [-0.2, -0.15) is 0 Å². The lowest BCUT2D eigenvalue weighted by molar-refractivity contribution is -0.129. The molecule has 2 aromatic rings. The summed E-state index contributed by atoms with van der Waals surface area (Å²) in [5.41, 5.74) is 0.675. The quantitative estimate of drug-likeness (QED) is 0.572. The summed E-state index contributed by atoms with van der Waals surface area (Å²) in [6, 6.07) is 7.77. The van der Waals surface area contributed by atoms with Crippen molar-refractivity contribution in [3.8, 4) is 0 Å². The van der Waals surface area contributed by atoms with Gasteiger partial charge in [-0.15, -0.1) is 0 Å².